The summed E-state index contributed by atoms with van der Waals surface area (Å²) in [5.74, 6) is 0. The van der Waals surface area contributed by atoms with Crippen LogP contribution in [-0.4, -0.2) is 4.57 Å². The molecule has 0 fully saturated rings. The zero-order valence-corrected chi connectivity index (χ0v) is 26.6. The van der Waals surface area contributed by atoms with Crippen LogP contribution in [0, 0.1) is 0 Å². The summed E-state index contributed by atoms with van der Waals surface area (Å²) in [5.41, 5.74) is 11.1. The topological polar surface area (TPSA) is 21.3 Å². The van der Waals surface area contributed by atoms with Crippen molar-refractivity contribution in [2.45, 2.75) is 0 Å². The van der Waals surface area contributed by atoms with E-state index < -0.39 is 0 Å². The lowest BCUT2D eigenvalue weighted by atomic mass is 9.99. The van der Waals surface area contributed by atoms with Gasteiger partial charge in [0.1, 0.15) is 11.2 Å². The number of furan rings is 1. The molecule has 0 aliphatic rings. The second kappa shape index (κ2) is 11.0. The predicted molar refractivity (Wildman–Crippen MR) is 206 cm³/mol. The van der Waals surface area contributed by atoms with Crippen molar-refractivity contribution in [2.24, 2.45) is 0 Å². The molecule has 0 radical (unpaired) electrons. The smallest absolute Gasteiger partial charge is 0.143 e. The van der Waals surface area contributed by atoms with Crippen molar-refractivity contribution >= 4 is 71.6 Å². The standard InChI is InChI=1S/C46H30N2O/c1-3-12-34(13-4-1)47(42-19-11-20-43-45(42)40-17-7-9-18-41(40)48(43)35-14-5-2-6-15-35)36-26-22-31(23-27-36)32-24-28-37-33(30-32)25-29-39-38-16-8-10-21-44(38)49-46(37)39/h1-30H. The fourth-order valence-electron chi connectivity index (χ4n) is 7.54. The van der Waals surface area contributed by atoms with E-state index in [0.717, 1.165) is 50.1 Å². The number of hydrogen-bond donors (Lipinski definition) is 0. The van der Waals surface area contributed by atoms with Gasteiger partial charge in [-0.1, -0.05) is 103 Å². The van der Waals surface area contributed by atoms with Crippen molar-refractivity contribution in [3.63, 3.8) is 0 Å². The van der Waals surface area contributed by atoms with Crippen molar-refractivity contribution in [3.05, 3.63) is 182 Å². The highest BCUT2D eigenvalue weighted by atomic mass is 16.3. The molecule has 0 saturated heterocycles. The van der Waals surface area contributed by atoms with E-state index in [4.69, 9.17) is 4.42 Å². The van der Waals surface area contributed by atoms with Gasteiger partial charge in [0.05, 0.1) is 16.7 Å². The third kappa shape index (κ3) is 4.37. The summed E-state index contributed by atoms with van der Waals surface area (Å²) in [6.45, 7) is 0. The van der Waals surface area contributed by atoms with E-state index in [0.29, 0.717) is 0 Å². The first-order valence-electron chi connectivity index (χ1n) is 16.7. The normalized spacial score (nSPS) is 11.7. The van der Waals surface area contributed by atoms with Gasteiger partial charge in [0.2, 0.25) is 0 Å². The molecular weight excluding hydrogens is 597 g/mol. The summed E-state index contributed by atoms with van der Waals surface area (Å²) in [4.78, 5) is 2.38. The predicted octanol–water partition coefficient (Wildman–Crippen LogP) is 13.0. The second-order valence-electron chi connectivity index (χ2n) is 12.6. The van der Waals surface area contributed by atoms with Crippen LogP contribution < -0.4 is 4.90 Å². The number of benzene rings is 8. The zero-order chi connectivity index (χ0) is 32.3. The monoisotopic (exact) mass is 626 g/mol. The molecule has 3 heteroatoms. The average Bonchev–Trinajstić information content (AvgIpc) is 3.72. The van der Waals surface area contributed by atoms with E-state index >= 15 is 0 Å². The van der Waals surface area contributed by atoms with Crippen LogP contribution in [-0.2, 0) is 0 Å². The zero-order valence-electron chi connectivity index (χ0n) is 26.6. The van der Waals surface area contributed by atoms with E-state index in [1.165, 1.54) is 38.3 Å². The summed E-state index contributed by atoms with van der Waals surface area (Å²) < 4.78 is 8.69. The van der Waals surface area contributed by atoms with E-state index in [1.807, 2.05) is 12.1 Å². The maximum atomic E-state index is 6.31. The van der Waals surface area contributed by atoms with Crippen molar-refractivity contribution < 1.29 is 4.42 Å². The highest BCUT2D eigenvalue weighted by Crippen LogP contribution is 2.44. The van der Waals surface area contributed by atoms with Crippen LogP contribution in [0.2, 0.25) is 0 Å². The Labute approximate surface area is 283 Å². The van der Waals surface area contributed by atoms with Gasteiger partial charge >= 0.3 is 0 Å². The van der Waals surface area contributed by atoms with Crippen molar-refractivity contribution in [1.29, 1.82) is 0 Å². The van der Waals surface area contributed by atoms with Gasteiger partial charge in [0.25, 0.3) is 0 Å². The van der Waals surface area contributed by atoms with Gasteiger partial charge in [-0.25, -0.2) is 0 Å². The number of anilines is 3. The largest absolute Gasteiger partial charge is 0.455 e. The summed E-state index contributed by atoms with van der Waals surface area (Å²) >= 11 is 0. The average molecular weight is 627 g/mol. The van der Waals surface area contributed by atoms with E-state index in [2.05, 4.69) is 179 Å². The van der Waals surface area contributed by atoms with Crippen LogP contribution >= 0.6 is 0 Å². The first-order valence-corrected chi connectivity index (χ1v) is 16.7. The Bertz CT molecular complexity index is 2810. The SMILES string of the molecule is c1ccc(N(c2ccc(-c3ccc4c(ccc5c6ccccc6oc45)c3)cc2)c2cccc3c2c2ccccc2n3-c2ccccc2)cc1. The van der Waals surface area contributed by atoms with E-state index in [9.17, 15) is 0 Å². The third-order valence-corrected chi connectivity index (χ3v) is 9.76. The molecule has 2 aromatic heterocycles. The molecule has 0 amide bonds. The molecule has 0 aliphatic heterocycles. The molecule has 3 nitrogen and oxygen atoms in total. The lowest BCUT2D eigenvalue weighted by Gasteiger charge is -2.26. The summed E-state index contributed by atoms with van der Waals surface area (Å²) in [6.07, 6.45) is 0. The van der Waals surface area contributed by atoms with Crippen LogP contribution in [0.25, 0.3) is 71.3 Å². The van der Waals surface area contributed by atoms with Gasteiger partial charge in [-0.2, -0.15) is 0 Å². The molecule has 10 rings (SSSR count). The van der Waals surface area contributed by atoms with E-state index in [1.54, 1.807) is 0 Å². The number of nitrogens with zero attached hydrogens (tertiary/aromatic N) is 2. The molecule has 0 saturated carbocycles. The molecule has 0 spiro atoms. The Morgan fingerprint density at radius 3 is 1.92 bits per heavy atom. The third-order valence-electron chi connectivity index (χ3n) is 9.76. The Morgan fingerprint density at radius 1 is 0.429 bits per heavy atom. The molecule has 8 aromatic carbocycles. The molecule has 0 N–H and O–H groups in total. The lowest BCUT2D eigenvalue weighted by Crippen LogP contribution is -2.10. The molecular formula is C46H30N2O. The van der Waals surface area contributed by atoms with Crippen LogP contribution in [0.5, 0.6) is 0 Å². The Hall–Kier alpha value is -6.58. The van der Waals surface area contributed by atoms with Gasteiger partial charge < -0.3 is 13.9 Å². The Morgan fingerprint density at radius 2 is 1.08 bits per heavy atom. The molecule has 0 atom stereocenters. The summed E-state index contributed by atoms with van der Waals surface area (Å²) in [5, 5.41) is 7.06. The van der Waals surface area contributed by atoms with Crippen LogP contribution in [0.15, 0.2) is 186 Å². The first kappa shape index (κ1) is 27.5. The molecule has 230 valence electrons. The van der Waals surface area contributed by atoms with Gasteiger partial charge in [0.15, 0.2) is 0 Å². The maximum Gasteiger partial charge on any atom is 0.143 e. The summed E-state index contributed by atoms with van der Waals surface area (Å²) in [7, 11) is 0. The maximum absolute atomic E-state index is 6.31. The van der Waals surface area contributed by atoms with Gasteiger partial charge in [-0.15, -0.1) is 0 Å². The summed E-state index contributed by atoms with van der Waals surface area (Å²) in [6, 6.07) is 65.0. The minimum absolute atomic E-state index is 0.924. The minimum atomic E-state index is 0.924. The highest BCUT2D eigenvalue weighted by Gasteiger charge is 2.21. The molecule has 10 aromatic rings. The van der Waals surface area contributed by atoms with Crippen LogP contribution in [0.1, 0.15) is 0 Å². The fourth-order valence-corrected chi connectivity index (χ4v) is 7.54. The second-order valence-corrected chi connectivity index (χ2v) is 12.6. The Balaban J connectivity index is 1.11. The first-order chi connectivity index (χ1) is 24.3. The van der Waals surface area contributed by atoms with Gasteiger partial charge in [-0.05, 0) is 95.4 Å². The Kier molecular flexibility index (Phi) is 6.18. The van der Waals surface area contributed by atoms with Crippen molar-refractivity contribution in [1.82, 2.24) is 4.57 Å². The molecule has 0 aliphatic carbocycles. The number of para-hydroxylation sites is 4. The molecule has 2 heterocycles. The van der Waals surface area contributed by atoms with Crippen molar-refractivity contribution in [2.75, 3.05) is 4.90 Å². The fraction of sp³-hybridized carbons (Fsp3) is 0. The molecule has 49 heavy (non-hydrogen) atoms. The molecule has 0 bridgehead atoms. The lowest BCUT2D eigenvalue weighted by molar-refractivity contribution is 0.672. The van der Waals surface area contributed by atoms with Crippen molar-refractivity contribution in [3.8, 4) is 16.8 Å². The van der Waals surface area contributed by atoms with Crippen LogP contribution in [0.4, 0.5) is 17.1 Å². The van der Waals surface area contributed by atoms with Crippen LogP contribution in [0.3, 0.4) is 0 Å². The quantitative estimate of drug-likeness (QED) is 0.190. The highest BCUT2D eigenvalue weighted by molar-refractivity contribution is 6.17. The number of fused-ring (bicyclic) bond motifs is 8. The number of aromatic nitrogens is 1. The number of hydrogen-bond acceptors (Lipinski definition) is 2. The van der Waals surface area contributed by atoms with E-state index in [-0.39, 0.29) is 0 Å². The molecule has 0 unspecified atom stereocenters. The number of rotatable bonds is 5. The van der Waals surface area contributed by atoms with Gasteiger partial charge in [-0.3, -0.25) is 0 Å². The van der Waals surface area contributed by atoms with Gasteiger partial charge in [0, 0.05) is 44.0 Å². The minimum Gasteiger partial charge on any atom is -0.455 e.